The number of rotatable bonds is 3. The van der Waals surface area contributed by atoms with E-state index < -0.39 is 4.75 Å². The first-order chi connectivity index (χ1) is 11.3. The van der Waals surface area contributed by atoms with E-state index in [9.17, 15) is 9.18 Å². The largest absolute Gasteiger partial charge is 0.344 e. The first-order valence-electron chi connectivity index (χ1n) is 7.57. The number of thioether (sulfide) groups is 1. The maximum atomic E-state index is 14.1. The SMILES string of the molecule is Cc1nc(C2CSC(C)(C)C(=O)N2)n(Cc2c(F)cccc2Cl)n1. The average Bonchev–Trinajstić information content (AvgIpc) is 2.87. The van der Waals surface area contributed by atoms with E-state index in [0.717, 1.165) is 0 Å². The monoisotopic (exact) mass is 368 g/mol. The van der Waals surface area contributed by atoms with E-state index in [1.54, 1.807) is 35.5 Å². The molecule has 2 aromatic rings. The quantitative estimate of drug-likeness (QED) is 0.904. The fourth-order valence-corrected chi connectivity index (χ4v) is 3.78. The predicted octanol–water partition coefficient (Wildman–Crippen LogP) is 3.11. The van der Waals surface area contributed by atoms with Gasteiger partial charge in [-0.1, -0.05) is 17.7 Å². The third-order valence-corrected chi connectivity index (χ3v) is 5.71. The van der Waals surface area contributed by atoms with Gasteiger partial charge >= 0.3 is 0 Å². The van der Waals surface area contributed by atoms with Crippen LogP contribution in [0, 0.1) is 12.7 Å². The molecule has 1 unspecified atom stereocenters. The zero-order valence-corrected chi connectivity index (χ0v) is 15.2. The molecule has 0 radical (unpaired) electrons. The van der Waals surface area contributed by atoms with Crippen LogP contribution < -0.4 is 5.32 Å². The van der Waals surface area contributed by atoms with Crippen molar-refractivity contribution in [1.29, 1.82) is 0 Å². The molecule has 0 saturated carbocycles. The van der Waals surface area contributed by atoms with Gasteiger partial charge in [-0.15, -0.1) is 11.8 Å². The van der Waals surface area contributed by atoms with Gasteiger partial charge in [-0.2, -0.15) is 5.10 Å². The van der Waals surface area contributed by atoms with Crippen LogP contribution in [0.5, 0.6) is 0 Å². The molecule has 24 heavy (non-hydrogen) atoms. The Morgan fingerprint density at radius 3 is 2.92 bits per heavy atom. The third kappa shape index (κ3) is 3.28. The Morgan fingerprint density at radius 1 is 1.50 bits per heavy atom. The highest BCUT2D eigenvalue weighted by Gasteiger charge is 2.37. The summed E-state index contributed by atoms with van der Waals surface area (Å²) in [6, 6.07) is 4.31. The number of carbonyl (C=O) groups is 1. The summed E-state index contributed by atoms with van der Waals surface area (Å²) in [5.74, 6) is 1.44. The number of aromatic nitrogens is 3. The maximum absolute atomic E-state index is 14.1. The molecule has 2 heterocycles. The van der Waals surface area contributed by atoms with Crippen LogP contribution in [0.3, 0.4) is 0 Å². The number of hydrogen-bond donors (Lipinski definition) is 1. The summed E-state index contributed by atoms with van der Waals surface area (Å²) >= 11 is 7.68. The van der Waals surface area contributed by atoms with Crippen molar-refractivity contribution in [3.05, 3.63) is 46.3 Å². The van der Waals surface area contributed by atoms with Gasteiger partial charge in [0.15, 0.2) is 5.82 Å². The molecule has 1 saturated heterocycles. The van der Waals surface area contributed by atoms with Gasteiger partial charge < -0.3 is 5.32 Å². The van der Waals surface area contributed by atoms with Crippen LogP contribution in [0.4, 0.5) is 4.39 Å². The molecular formula is C16H18ClFN4OS. The van der Waals surface area contributed by atoms with E-state index in [4.69, 9.17) is 11.6 Å². The molecule has 1 N–H and O–H groups in total. The zero-order valence-electron chi connectivity index (χ0n) is 13.6. The van der Waals surface area contributed by atoms with Crippen LogP contribution in [-0.2, 0) is 11.3 Å². The Hall–Kier alpha value is -1.60. The number of nitrogens with zero attached hydrogens (tertiary/aromatic N) is 3. The minimum atomic E-state index is -0.467. The summed E-state index contributed by atoms with van der Waals surface area (Å²) in [6.07, 6.45) is 0. The van der Waals surface area contributed by atoms with Crippen LogP contribution in [0.25, 0.3) is 0 Å². The molecule has 1 fully saturated rings. The molecule has 8 heteroatoms. The molecule has 1 aliphatic heterocycles. The van der Waals surface area contributed by atoms with Crippen molar-refractivity contribution in [1.82, 2.24) is 20.1 Å². The van der Waals surface area contributed by atoms with Gasteiger partial charge in [0.05, 0.1) is 17.3 Å². The smallest absolute Gasteiger partial charge is 0.236 e. The first-order valence-corrected chi connectivity index (χ1v) is 8.93. The predicted molar refractivity (Wildman–Crippen MR) is 92.7 cm³/mol. The van der Waals surface area contributed by atoms with Crippen LogP contribution >= 0.6 is 23.4 Å². The lowest BCUT2D eigenvalue weighted by Gasteiger charge is -2.33. The number of benzene rings is 1. The molecule has 1 atom stereocenters. The molecule has 3 rings (SSSR count). The van der Waals surface area contributed by atoms with Crippen molar-refractivity contribution in [2.45, 2.75) is 38.1 Å². The lowest BCUT2D eigenvalue weighted by molar-refractivity contribution is -0.123. The minimum absolute atomic E-state index is 0.0418. The van der Waals surface area contributed by atoms with Crippen LogP contribution in [0.1, 0.15) is 37.1 Å². The number of hydrogen-bond acceptors (Lipinski definition) is 4. The molecule has 128 valence electrons. The summed E-state index contributed by atoms with van der Waals surface area (Å²) in [4.78, 5) is 16.6. The normalized spacial score (nSPS) is 20.0. The molecule has 1 aromatic heterocycles. The molecular weight excluding hydrogens is 351 g/mol. The number of carbonyl (C=O) groups excluding carboxylic acids is 1. The molecule has 1 amide bonds. The molecule has 0 spiro atoms. The standard InChI is InChI=1S/C16H18ClFN4OS/c1-9-19-14(13-8-24-16(2,3)15(23)20-13)22(21-9)7-10-11(17)5-4-6-12(10)18/h4-6,13H,7-8H2,1-3H3,(H,20,23). The lowest BCUT2D eigenvalue weighted by atomic mass is 10.1. The molecule has 0 bridgehead atoms. The van der Waals surface area contributed by atoms with Gasteiger partial charge in [-0.05, 0) is 32.9 Å². The van der Waals surface area contributed by atoms with Crippen LogP contribution in [0.15, 0.2) is 18.2 Å². The Labute approximate surface area is 149 Å². The Bertz CT molecular complexity index is 772. The summed E-state index contributed by atoms with van der Waals surface area (Å²) in [6.45, 7) is 5.71. The fourth-order valence-electron chi connectivity index (χ4n) is 2.55. The van der Waals surface area contributed by atoms with Crippen LogP contribution in [0.2, 0.25) is 5.02 Å². The summed E-state index contributed by atoms with van der Waals surface area (Å²) in [7, 11) is 0. The summed E-state index contributed by atoms with van der Waals surface area (Å²) in [5, 5.41) is 7.67. The number of halogens is 2. The van der Waals surface area contributed by atoms with Crippen molar-refractivity contribution in [2.75, 3.05) is 5.75 Å². The molecule has 0 aliphatic carbocycles. The molecule has 1 aromatic carbocycles. The number of nitrogens with one attached hydrogen (secondary N) is 1. The van der Waals surface area contributed by atoms with Gasteiger partial charge in [0.1, 0.15) is 11.6 Å². The van der Waals surface area contributed by atoms with Crippen molar-refractivity contribution in [2.24, 2.45) is 0 Å². The highest BCUT2D eigenvalue weighted by atomic mass is 35.5. The third-order valence-electron chi connectivity index (χ3n) is 3.95. The second-order valence-corrected chi connectivity index (χ2v) is 8.27. The van der Waals surface area contributed by atoms with Crippen molar-refractivity contribution >= 4 is 29.3 Å². The Balaban J connectivity index is 1.90. The van der Waals surface area contributed by atoms with Gasteiger partial charge in [0, 0.05) is 16.3 Å². The van der Waals surface area contributed by atoms with Gasteiger partial charge in [0.2, 0.25) is 5.91 Å². The van der Waals surface area contributed by atoms with Gasteiger partial charge in [-0.3, -0.25) is 4.79 Å². The van der Waals surface area contributed by atoms with Gasteiger partial charge in [0.25, 0.3) is 0 Å². The first kappa shape index (κ1) is 17.2. The summed E-state index contributed by atoms with van der Waals surface area (Å²) in [5.41, 5.74) is 0.362. The maximum Gasteiger partial charge on any atom is 0.236 e. The van der Waals surface area contributed by atoms with E-state index in [1.807, 2.05) is 13.8 Å². The summed E-state index contributed by atoms with van der Waals surface area (Å²) < 4.78 is 15.2. The van der Waals surface area contributed by atoms with E-state index in [0.29, 0.717) is 28.0 Å². The Kier molecular flexibility index (Phi) is 4.57. The molecule has 5 nitrogen and oxygen atoms in total. The van der Waals surface area contributed by atoms with E-state index in [-0.39, 0.29) is 24.3 Å². The second-order valence-electron chi connectivity index (χ2n) is 6.22. The number of amides is 1. The lowest BCUT2D eigenvalue weighted by Crippen LogP contribution is -2.48. The van der Waals surface area contributed by atoms with E-state index in [1.165, 1.54) is 6.07 Å². The number of aryl methyl sites for hydroxylation is 1. The fraction of sp³-hybridized carbons (Fsp3) is 0.438. The second kappa shape index (κ2) is 6.37. The van der Waals surface area contributed by atoms with Crippen molar-refractivity contribution in [3.63, 3.8) is 0 Å². The van der Waals surface area contributed by atoms with E-state index in [2.05, 4.69) is 15.4 Å². The zero-order chi connectivity index (χ0) is 17.5. The topological polar surface area (TPSA) is 59.8 Å². The van der Waals surface area contributed by atoms with Gasteiger partial charge in [-0.25, -0.2) is 14.1 Å². The van der Waals surface area contributed by atoms with Crippen LogP contribution in [-0.4, -0.2) is 31.2 Å². The van der Waals surface area contributed by atoms with Crippen molar-refractivity contribution < 1.29 is 9.18 Å². The molecule has 1 aliphatic rings. The van der Waals surface area contributed by atoms with Crippen molar-refractivity contribution in [3.8, 4) is 0 Å². The minimum Gasteiger partial charge on any atom is -0.344 e. The highest BCUT2D eigenvalue weighted by molar-refractivity contribution is 8.01. The average molecular weight is 369 g/mol. The highest BCUT2D eigenvalue weighted by Crippen LogP contribution is 2.34. The Morgan fingerprint density at radius 2 is 2.25 bits per heavy atom. The van der Waals surface area contributed by atoms with E-state index >= 15 is 0 Å².